The van der Waals surface area contributed by atoms with E-state index in [2.05, 4.69) is 11.1 Å². The molecule has 3 aromatic rings. The molecular weight excluding hydrogens is 391 g/mol. The average molecular weight is 416 g/mol. The number of nitrogens with zero attached hydrogens (tertiary/aromatic N) is 2. The molecule has 0 unspecified atom stereocenters. The Kier molecular flexibility index (Phi) is 6.41. The smallest absolute Gasteiger partial charge is 0.134 e. The first-order chi connectivity index (χ1) is 15.2. The van der Waals surface area contributed by atoms with Crippen molar-refractivity contribution in [3.63, 3.8) is 0 Å². The van der Waals surface area contributed by atoms with Crippen LogP contribution < -0.4 is 9.47 Å². The van der Waals surface area contributed by atoms with Gasteiger partial charge in [0, 0.05) is 30.1 Å². The summed E-state index contributed by atoms with van der Waals surface area (Å²) in [5, 5.41) is 0. The van der Waals surface area contributed by atoms with E-state index in [1.807, 2.05) is 43.5 Å². The number of aliphatic imine (C=N–C) groups is 1. The van der Waals surface area contributed by atoms with Crippen LogP contribution in [0.25, 0.3) is 17.2 Å². The molecule has 0 saturated heterocycles. The Morgan fingerprint density at radius 3 is 2.77 bits per heavy atom. The molecule has 0 N–H and O–H groups in total. The van der Waals surface area contributed by atoms with Gasteiger partial charge in [-0.05, 0) is 73.4 Å². The van der Waals surface area contributed by atoms with E-state index in [0.717, 1.165) is 41.8 Å². The van der Waals surface area contributed by atoms with Crippen LogP contribution in [-0.4, -0.2) is 31.0 Å². The molecule has 4 rings (SSSR count). The number of allylic oxidation sites excluding steroid dienone is 1. The predicted molar refractivity (Wildman–Crippen MR) is 122 cm³/mol. The van der Waals surface area contributed by atoms with Crippen LogP contribution in [0.4, 0.5) is 4.39 Å². The molecule has 5 heteroatoms. The Bertz CT molecular complexity index is 1120. The maximum absolute atomic E-state index is 14.9. The van der Waals surface area contributed by atoms with Crippen molar-refractivity contribution in [2.75, 3.05) is 20.3 Å². The number of halogens is 1. The summed E-state index contributed by atoms with van der Waals surface area (Å²) >= 11 is 0. The van der Waals surface area contributed by atoms with Crippen molar-refractivity contribution in [3.05, 3.63) is 83.4 Å². The maximum atomic E-state index is 14.9. The molecule has 1 aliphatic rings. The fourth-order valence-corrected chi connectivity index (χ4v) is 3.85. The number of hydrogen-bond donors (Lipinski definition) is 0. The van der Waals surface area contributed by atoms with Crippen LogP contribution in [0.1, 0.15) is 30.9 Å². The molecule has 2 heterocycles. The summed E-state index contributed by atoms with van der Waals surface area (Å²) in [6.45, 7) is 3.14. The van der Waals surface area contributed by atoms with Crippen LogP contribution in [0.5, 0.6) is 11.5 Å². The monoisotopic (exact) mass is 416 g/mol. The quantitative estimate of drug-likeness (QED) is 0.498. The Labute approximate surface area is 182 Å². The van der Waals surface area contributed by atoms with Gasteiger partial charge in [-0.2, -0.15) is 0 Å². The Balaban J connectivity index is 1.80. The van der Waals surface area contributed by atoms with E-state index in [1.54, 1.807) is 25.4 Å². The van der Waals surface area contributed by atoms with Crippen LogP contribution >= 0.6 is 0 Å². The zero-order valence-electron chi connectivity index (χ0n) is 17.8. The van der Waals surface area contributed by atoms with Crippen molar-refractivity contribution < 1.29 is 13.9 Å². The lowest BCUT2D eigenvalue weighted by molar-refractivity contribution is 0.339. The molecule has 1 aromatic heterocycles. The highest BCUT2D eigenvalue weighted by molar-refractivity contribution is 6.15. The number of rotatable bonds is 6. The van der Waals surface area contributed by atoms with Gasteiger partial charge in [-0.1, -0.05) is 12.1 Å². The molecule has 0 aliphatic carbocycles. The van der Waals surface area contributed by atoms with Crippen molar-refractivity contribution in [3.8, 4) is 22.6 Å². The molecule has 0 bridgehead atoms. The third-order valence-corrected chi connectivity index (χ3v) is 5.22. The van der Waals surface area contributed by atoms with Gasteiger partial charge in [0.15, 0.2) is 0 Å². The highest BCUT2D eigenvalue weighted by Crippen LogP contribution is 2.39. The van der Waals surface area contributed by atoms with Gasteiger partial charge in [-0.25, -0.2) is 4.39 Å². The summed E-state index contributed by atoms with van der Waals surface area (Å²) in [4.78, 5) is 8.98. The second-order valence-corrected chi connectivity index (χ2v) is 7.25. The van der Waals surface area contributed by atoms with Crippen molar-refractivity contribution >= 4 is 11.8 Å². The molecule has 2 aromatic carbocycles. The van der Waals surface area contributed by atoms with E-state index in [-0.39, 0.29) is 5.82 Å². The maximum Gasteiger partial charge on any atom is 0.134 e. The van der Waals surface area contributed by atoms with Crippen LogP contribution in [-0.2, 0) is 0 Å². The summed E-state index contributed by atoms with van der Waals surface area (Å²) in [6, 6.07) is 14.6. The Morgan fingerprint density at radius 1 is 1.10 bits per heavy atom. The van der Waals surface area contributed by atoms with Gasteiger partial charge in [0.05, 0.1) is 25.0 Å². The Morgan fingerprint density at radius 2 is 2.00 bits per heavy atom. The van der Waals surface area contributed by atoms with Crippen LogP contribution in [0, 0.1) is 5.82 Å². The highest BCUT2D eigenvalue weighted by Gasteiger charge is 2.18. The summed E-state index contributed by atoms with van der Waals surface area (Å²) in [6.07, 6.45) is 7.65. The average Bonchev–Trinajstić information content (AvgIpc) is 2.80. The first-order valence-corrected chi connectivity index (χ1v) is 10.5. The topological polar surface area (TPSA) is 43.7 Å². The molecule has 0 radical (unpaired) electrons. The number of aromatic nitrogens is 1. The zero-order chi connectivity index (χ0) is 21.6. The number of benzene rings is 2. The standard InChI is InChI=1S/C26H25FN2O2/c1-3-31-24-10-4-9-22(27)25(24)21-16-18(11-12-23(21)30-2)15-19-7-6-14-29-26(19)20-8-5-13-28-17-20/h4-5,8-13,15-17H,3,6-7,14H2,1-2H3. The van der Waals surface area contributed by atoms with E-state index in [9.17, 15) is 4.39 Å². The lowest BCUT2D eigenvalue weighted by atomic mass is 9.93. The fourth-order valence-electron chi connectivity index (χ4n) is 3.85. The number of ether oxygens (including phenoxy) is 2. The van der Waals surface area contributed by atoms with Crippen LogP contribution in [0.15, 0.2) is 71.5 Å². The normalized spacial score (nSPS) is 14.9. The molecule has 0 atom stereocenters. The SMILES string of the molecule is CCOc1cccc(F)c1-c1cc(C=C2CCCN=C2c2cccnc2)ccc1OC. The Hall–Kier alpha value is -3.47. The fraction of sp³-hybridized carbons (Fsp3) is 0.231. The molecule has 1 aliphatic heterocycles. The summed E-state index contributed by atoms with van der Waals surface area (Å²) < 4.78 is 26.1. The lowest BCUT2D eigenvalue weighted by Gasteiger charge is -2.17. The largest absolute Gasteiger partial charge is 0.496 e. The first kappa shape index (κ1) is 20.8. The van der Waals surface area contributed by atoms with Gasteiger partial charge in [-0.3, -0.25) is 9.98 Å². The van der Waals surface area contributed by atoms with Crippen LogP contribution in [0.3, 0.4) is 0 Å². The molecule has 0 saturated carbocycles. The van der Waals surface area contributed by atoms with Gasteiger partial charge >= 0.3 is 0 Å². The molecular formula is C26H25FN2O2. The van der Waals surface area contributed by atoms with E-state index in [1.165, 1.54) is 6.07 Å². The van der Waals surface area contributed by atoms with Crippen molar-refractivity contribution in [1.29, 1.82) is 0 Å². The van der Waals surface area contributed by atoms with E-state index in [0.29, 0.717) is 29.2 Å². The van der Waals surface area contributed by atoms with Gasteiger partial charge in [0.25, 0.3) is 0 Å². The van der Waals surface area contributed by atoms with Crippen molar-refractivity contribution in [2.45, 2.75) is 19.8 Å². The highest BCUT2D eigenvalue weighted by atomic mass is 19.1. The molecule has 4 nitrogen and oxygen atoms in total. The van der Waals surface area contributed by atoms with Crippen molar-refractivity contribution in [1.82, 2.24) is 4.98 Å². The van der Waals surface area contributed by atoms with E-state index < -0.39 is 0 Å². The molecule has 31 heavy (non-hydrogen) atoms. The minimum absolute atomic E-state index is 0.343. The second kappa shape index (κ2) is 9.56. The molecule has 158 valence electrons. The van der Waals surface area contributed by atoms with Crippen LogP contribution in [0.2, 0.25) is 0 Å². The van der Waals surface area contributed by atoms with Gasteiger partial charge < -0.3 is 9.47 Å². The minimum Gasteiger partial charge on any atom is -0.496 e. The van der Waals surface area contributed by atoms with Gasteiger partial charge in [-0.15, -0.1) is 0 Å². The minimum atomic E-state index is -0.343. The summed E-state index contributed by atoms with van der Waals surface area (Å²) in [5.41, 5.74) is 5.15. The van der Waals surface area contributed by atoms with E-state index >= 15 is 0 Å². The van der Waals surface area contributed by atoms with Gasteiger partial charge in [0.2, 0.25) is 0 Å². The zero-order valence-corrected chi connectivity index (χ0v) is 17.8. The number of hydrogen-bond acceptors (Lipinski definition) is 4. The molecule has 0 spiro atoms. The third-order valence-electron chi connectivity index (χ3n) is 5.22. The van der Waals surface area contributed by atoms with Crippen molar-refractivity contribution in [2.24, 2.45) is 4.99 Å². The third kappa shape index (κ3) is 4.50. The molecule has 0 fully saturated rings. The number of methoxy groups -OCH3 is 1. The van der Waals surface area contributed by atoms with Gasteiger partial charge in [0.1, 0.15) is 17.3 Å². The first-order valence-electron chi connectivity index (χ1n) is 10.5. The van der Waals surface area contributed by atoms with E-state index in [4.69, 9.17) is 14.5 Å². The second-order valence-electron chi connectivity index (χ2n) is 7.25. The lowest BCUT2D eigenvalue weighted by Crippen LogP contribution is -2.11. The summed E-state index contributed by atoms with van der Waals surface area (Å²) in [5.74, 6) is 0.753. The predicted octanol–water partition coefficient (Wildman–Crippen LogP) is 5.96. The summed E-state index contributed by atoms with van der Waals surface area (Å²) in [7, 11) is 1.59. The molecule has 0 amide bonds. The number of pyridine rings is 1.